The molecule has 0 aliphatic heterocycles. The summed E-state index contributed by atoms with van der Waals surface area (Å²) in [6.45, 7) is 0. The van der Waals surface area contributed by atoms with Gasteiger partial charge in [0.15, 0.2) is 0 Å². The van der Waals surface area contributed by atoms with Gasteiger partial charge in [-0.1, -0.05) is 0 Å². The number of aromatic nitrogens is 2. The normalized spacial score (nSPS) is 27.3. The number of nitrogens with two attached hydrogens (primary N) is 1. The lowest BCUT2D eigenvalue weighted by Gasteiger charge is -2.18. The number of fused-ring (bicyclic) bond motifs is 1. The van der Waals surface area contributed by atoms with Crippen molar-refractivity contribution >= 4 is 0 Å². The van der Waals surface area contributed by atoms with Crippen LogP contribution in [0.3, 0.4) is 0 Å². The smallest absolute Gasteiger partial charge is 0.0954 e. The Morgan fingerprint density at radius 1 is 1.38 bits per heavy atom. The Kier molecular flexibility index (Phi) is 1.50. The molecule has 2 aliphatic carbocycles. The second-order valence-electron chi connectivity index (χ2n) is 4.21. The zero-order valence-electron chi connectivity index (χ0n) is 7.74. The lowest BCUT2D eigenvalue weighted by molar-refractivity contribution is 0.536. The molecule has 2 aliphatic rings. The maximum Gasteiger partial charge on any atom is 0.0954 e. The van der Waals surface area contributed by atoms with Crippen LogP contribution in [0.2, 0.25) is 0 Å². The van der Waals surface area contributed by atoms with Crippen molar-refractivity contribution in [3.63, 3.8) is 0 Å². The third-order valence-electron chi connectivity index (χ3n) is 3.15. The molecule has 70 valence electrons. The first kappa shape index (κ1) is 7.56. The lowest BCUT2D eigenvalue weighted by atomic mass is 9.97. The highest BCUT2D eigenvalue weighted by Crippen LogP contribution is 2.38. The highest BCUT2D eigenvalue weighted by Gasteiger charge is 2.29. The third kappa shape index (κ3) is 1.10. The van der Waals surface area contributed by atoms with Crippen LogP contribution in [0.15, 0.2) is 6.33 Å². The van der Waals surface area contributed by atoms with Gasteiger partial charge < -0.3 is 10.3 Å². The molecule has 13 heavy (non-hydrogen) atoms. The van der Waals surface area contributed by atoms with Gasteiger partial charge >= 0.3 is 0 Å². The molecular weight excluding hydrogens is 162 g/mol. The van der Waals surface area contributed by atoms with Crippen LogP contribution in [-0.2, 0) is 6.42 Å². The summed E-state index contributed by atoms with van der Waals surface area (Å²) in [6.07, 6.45) is 8.17. The van der Waals surface area contributed by atoms with E-state index < -0.39 is 0 Å². The van der Waals surface area contributed by atoms with Crippen LogP contribution in [-0.4, -0.2) is 9.55 Å². The molecule has 1 unspecified atom stereocenters. The zero-order valence-corrected chi connectivity index (χ0v) is 7.74. The molecule has 3 rings (SSSR count). The minimum Gasteiger partial charge on any atom is -0.331 e. The number of rotatable bonds is 1. The summed E-state index contributed by atoms with van der Waals surface area (Å²) in [5.74, 6) is 0. The molecule has 0 amide bonds. The molecule has 3 nitrogen and oxygen atoms in total. The van der Waals surface area contributed by atoms with E-state index in [1.54, 1.807) is 0 Å². The van der Waals surface area contributed by atoms with Crippen molar-refractivity contribution in [1.29, 1.82) is 0 Å². The van der Waals surface area contributed by atoms with E-state index in [0.29, 0.717) is 0 Å². The Balaban J connectivity index is 2.04. The van der Waals surface area contributed by atoms with Crippen LogP contribution in [0, 0.1) is 0 Å². The van der Waals surface area contributed by atoms with E-state index in [2.05, 4.69) is 9.55 Å². The van der Waals surface area contributed by atoms with E-state index >= 15 is 0 Å². The van der Waals surface area contributed by atoms with Crippen molar-refractivity contribution in [1.82, 2.24) is 9.55 Å². The summed E-state index contributed by atoms with van der Waals surface area (Å²) < 4.78 is 2.36. The minimum atomic E-state index is 0.198. The predicted octanol–water partition coefficient (Wildman–Crippen LogP) is 1.55. The molecule has 2 N–H and O–H groups in total. The Morgan fingerprint density at radius 2 is 2.23 bits per heavy atom. The van der Waals surface area contributed by atoms with Gasteiger partial charge in [-0.15, -0.1) is 0 Å². The van der Waals surface area contributed by atoms with Crippen LogP contribution in [0.4, 0.5) is 0 Å². The Hall–Kier alpha value is -0.830. The van der Waals surface area contributed by atoms with Crippen molar-refractivity contribution in [3.8, 4) is 0 Å². The van der Waals surface area contributed by atoms with Crippen molar-refractivity contribution in [2.45, 2.75) is 44.2 Å². The molecule has 0 radical (unpaired) electrons. The highest BCUT2D eigenvalue weighted by atomic mass is 15.1. The number of hydrogen-bond acceptors (Lipinski definition) is 2. The van der Waals surface area contributed by atoms with E-state index in [4.69, 9.17) is 5.73 Å². The Labute approximate surface area is 78.0 Å². The monoisotopic (exact) mass is 177 g/mol. The maximum atomic E-state index is 6.00. The summed E-state index contributed by atoms with van der Waals surface area (Å²) in [4.78, 5) is 4.44. The van der Waals surface area contributed by atoms with Gasteiger partial charge in [0.25, 0.3) is 0 Å². The molecule has 0 spiro atoms. The largest absolute Gasteiger partial charge is 0.331 e. The highest BCUT2D eigenvalue weighted by molar-refractivity contribution is 5.21. The first-order chi connectivity index (χ1) is 6.36. The van der Waals surface area contributed by atoms with Gasteiger partial charge in [-0.2, -0.15) is 0 Å². The second kappa shape index (κ2) is 2.58. The SMILES string of the molecule is NC1CCCc2c1ncn2C1CC1. The van der Waals surface area contributed by atoms with Crippen molar-refractivity contribution in [2.24, 2.45) is 5.73 Å². The lowest BCUT2D eigenvalue weighted by Crippen LogP contribution is -2.18. The number of hydrogen-bond donors (Lipinski definition) is 1. The zero-order chi connectivity index (χ0) is 8.84. The van der Waals surface area contributed by atoms with Crippen LogP contribution < -0.4 is 5.73 Å². The van der Waals surface area contributed by atoms with Crippen molar-refractivity contribution in [3.05, 3.63) is 17.7 Å². The topological polar surface area (TPSA) is 43.8 Å². The van der Waals surface area contributed by atoms with Gasteiger partial charge in [-0.05, 0) is 32.1 Å². The first-order valence-corrected chi connectivity index (χ1v) is 5.17. The maximum absolute atomic E-state index is 6.00. The molecule has 0 bridgehead atoms. The quantitative estimate of drug-likeness (QED) is 0.707. The van der Waals surface area contributed by atoms with Crippen molar-refractivity contribution < 1.29 is 0 Å². The predicted molar refractivity (Wildman–Crippen MR) is 50.4 cm³/mol. The average Bonchev–Trinajstić information content (AvgIpc) is 2.87. The molecular formula is C10H15N3. The molecule has 1 heterocycles. The fourth-order valence-corrected chi connectivity index (χ4v) is 2.26. The molecule has 1 saturated carbocycles. The fourth-order valence-electron chi connectivity index (χ4n) is 2.26. The van der Waals surface area contributed by atoms with Gasteiger partial charge in [0.05, 0.1) is 12.0 Å². The van der Waals surface area contributed by atoms with E-state index in [1.807, 2.05) is 6.33 Å². The molecule has 0 aromatic carbocycles. The van der Waals surface area contributed by atoms with Gasteiger partial charge in [0.1, 0.15) is 0 Å². The summed E-state index contributed by atoms with van der Waals surface area (Å²) >= 11 is 0. The van der Waals surface area contributed by atoms with E-state index in [1.165, 1.54) is 31.4 Å². The fraction of sp³-hybridized carbons (Fsp3) is 0.700. The minimum absolute atomic E-state index is 0.198. The average molecular weight is 177 g/mol. The number of nitrogens with zero attached hydrogens (tertiary/aromatic N) is 2. The molecule has 1 aromatic rings. The van der Waals surface area contributed by atoms with E-state index in [9.17, 15) is 0 Å². The number of imidazole rings is 1. The van der Waals surface area contributed by atoms with Gasteiger partial charge in [-0.25, -0.2) is 4.98 Å². The molecule has 1 fully saturated rings. The summed E-state index contributed by atoms with van der Waals surface area (Å²) in [5, 5.41) is 0. The van der Waals surface area contributed by atoms with Crippen LogP contribution in [0.25, 0.3) is 0 Å². The standard InChI is InChI=1S/C10H15N3/c11-8-2-1-3-9-10(8)12-6-13(9)7-4-5-7/h6-8H,1-5,11H2. The van der Waals surface area contributed by atoms with Gasteiger partial charge in [0.2, 0.25) is 0 Å². The molecule has 0 saturated heterocycles. The third-order valence-corrected chi connectivity index (χ3v) is 3.15. The summed E-state index contributed by atoms with van der Waals surface area (Å²) in [6, 6.07) is 0.949. The van der Waals surface area contributed by atoms with Crippen LogP contribution in [0.5, 0.6) is 0 Å². The molecule has 1 atom stereocenters. The Bertz CT molecular complexity index is 311. The van der Waals surface area contributed by atoms with Crippen LogP contribution >= 0.6 is 0 Å². The van der Waals surface area contributed by atoms with Crippen molar-refractivity contribution in [2.75, 3.05) is 0 Å². The van der Waals surface area contributed by atoms with Gasteiger partial charge in [-0.3, -0.25) is 0 Å². The van der Waals surface area contributed by atoms with Crippen LogP contribution in [0.1, 0.15) is 49.2 Å². The summed E-state index contributed by atoms with van der Waals surface area (Å²) in [5.41, 5.74) is 8.59. The first-order valence-electron chi connectivity index (χ1n) is 5.17. The van der Waals surface area contributed by atoms with E-state index in [0.717, 1.165) is 18.2 Å². The molecule has 3 heteroatoms. The molecule has 1 aromatic heterocycles. The van der Waals surface area contributed by atoms with E-state index in [-0.39, 0.29) is 6.04 Å². The summed E-state index contributed by atoms with van der Waals surface area (Å²) in [7, 11) is 0. The Morgan fingerprint density at radius 3 is 3.00 bits per heavy atom. The second-order valence-corrected chi connectivity index (χ2v) is 4.21. The van der Waals surface area contributed by atoms with Gasteiger partial charge in [0, 0.05) is 17.8 Å².